The van der Waals surface area contributed by atoms with Gasteiger partial charge in [0.25, 0.3) is 0 Å². The first-order valence-electron chi connectivity index (χ1n) is 7.00. The molecule has 3 aromatic rings. The zero-order valence-electron chi connectivity index (χ0n) is 11.8. The van der Waals surface area contributed by atoms with Crippen LogP contribution in [0, 0.1) is 0 Å². The number of carbonyl (C=O) groups is 1. The average molecular weight is 311 g/mol. The monoisotopic (exact) mass is 310 g/mol. The molecule has 0 spiro atoms. The molecule has 3 aromatic carbocycles. The minimum atomic E-state index is -0.277. The second-order valence-electron chi connectivity index (χ2n) is 4.93. The van der Waals surface area contributed by atoms with Crippen molar-refractivity contribution in [2.75, 3.05) is 5.32 Å². The van der Waals surface area contributed by atoms with Crippen molar-refractivity contribution in [3.05, 3.63) is 77.3 Å². The molecule has 2 N–H and O–H groups in total. The van der Waals surface area contributed by atoms with E-state index in [0.717, 1.165) is 16.3 Å². The molecular formula is C18H15ClN2O. The quantitative estimate of drug-likeness (QED) is 0.716. The van der Waals surface area contributed by atoms with Crippen LogP contribution < -0.4 is 10.6 Å². The highest BCUT2D eigenvalue weighted by Crippen LogP contribution is 2.21. The molecule has 2 amide bonds. The lowest BCUT2D eigenvalue weighted by Gasteiger charge is -2.10. The minimum Gasteiger partial charge on any atom is -0.334 e. The van der Waals surface area contributed by atoms with Crippen LogP contribution in [0.25, 0.3) is 10.8 Å². The van der Waals surface area contributed by atoms with Crippen molar-refractivity contribution in [3.63, 3.8) is 0 Å². The Morgan fingerprint density at radius 1 is 0.909 bits per heavy atom. The third-order valence-electron chi connectivity index (χ3n) is 3.44. The van der Waals surface area contributed by atoms with Crippen LogP contribution in [0.5, 0.6) is 0 Å². The molecule has 22 heavy (non-hydrogen) atoms. The number of nitrogens with one attached hydrogen (secondary N) is 2. The summed E-state index contributed by atoms with van der Waals surface area (Å²) in [6, 6.07) is 21.0. The molecule has 0 aliphatic heterocycles. The zero-order valence-corrected chi connectivity index (χ0v) is 12.6. The van der Waals surface area contributed by atoms with Crippen molar-refractivity contribution in [1.82, 2.24) is 5.32 Å². The minimum absolute atomic E-state index is 0.277. The third-order valence-corrected chi connectivity index (χ3v) is 3.77. The second-order valence-corrected chi connectivity index (χ2v) is 5.33. The number of carbonyl (C=O) groups excluding carboxylic acids is 1. The summed E-state index contributed by atoms with van der Waals surface area (Å²) in [7, 11) is 0. The SMILES string of the molecule is O=C(NCc1cccc2ccccc12)Nc1ccccc1Cl. The van der Waals surface area contributed by atoms with E-state index in [0.29, 0.717) is 17.3 Å². The van der Waals surface area contributed by atoms with Gasteiger partial charge in [0.15, 0.2) is 0 Å². The van der Waals surface area contributed by atoms with E-state index in [-0.39, 0.29) is 6.03 Å². The van der Waals surface area contributed by atoms with E-state index < -0.39 is 0 Å². The third kappa shape index (κ3) is 3.21. The van der Waals surface area contributed by atoms with Crippen molar-refractivity contribution in [1.29, 1.82) is 0 Å². The molecule has 0 aliphatic carbocycles. The number of hydrogen-bond acceptors (Lipinski definition) is 1. The topological polar surface area (TPSA) is 41.1 Å². The number of urea groups is 1. The fraction of sp³-hybridized carbons (Fsp3) is 0.0556. The first-order chi connectivity index (χ1) is 10.7. The Balaban J connectivity index is 1.69. The Hall–Kier alpha value is -2.52. The molecule has 0 bridgehead atoms. The Bertz CT molecular complexity index is 812. The first-order valence-corrected chi connectivity index (χ1v) is 7.38. The molecule has 0 unspecified atom stereocenters. The number of amides is 2. The molecule has 0 fully saturated rings. The van der Waals surface area contributed by atoms with Gasteiger partial charge in [-0.25, -0.2) is 4.79 Å². The molecule has 3 nitrogen and oxygen atoms in total. The fourth-order valence-electron chi connectivity index (χ4n) is 2.35. The van der Waals surface area contributed by atoms with E-state index in [1.54, 1.807) is 12.1 Å². The lowest BCUT2D eigenvalue weighted by Crippen LogP contribution is -2.28. The molecule has 0 atom stereocenters. The summed E-state index contributed by atoms with van der Waals surface area (Å²) >= 11 is 6.02. The van der Waals surface area contributed by atoms with Crippen molar-refractivity contribution in [3.8, 4) is 0 Å². The largest absolute Gasteiger partial charge is 0.334 e. The van der Waals surface area contributed by atoms with Gasteiger partial charge in [-0.05, 0) is 28.5 Å². The van der Waals surface area contributed by atoms with Gasteiger partial charge >= 0.3 is 6.03 Å². The van der Waals surface area contributed by atoms with Crippen molar-refractivity contribution in [2.45, 2.75) is 6.54 Å². The highest BCUT2D eigenvalue weighted by Gasteiger charge is 2.06. The van der Waals surface area contributed by atoms with Crippen LogP contribution in [0.2, 0.25) is 5.02 Å². The first kappa shape index (κ1) is 14.4. The van der Waals surface area contributed by atoms with Gasteiger partial charge in [0.1, 0.15) is 0 Å². The summed E-state index contributed by atoms with van der Waals surface area (Å²) in [6.45, 7) is 0.456. The molecule has 4 heteroatoms. The van der Waals surface area contributed by atoms with Gasteiger partial charge in [-0.15, -0.1) is 0 Å². The number of hydrogen-bond donors (Lipinski definition) is 2. The number of benzene rings is 3. The molecule has 0 radical (unpaired) electrons. The summed E-state index contributed by atoms with van der Waals surface area (Å²) in [5.74, 6) is 0. The average Bonchev–Trinajstić information content (AvgIpc) is 2.55. The number of rotatable bonds is 3. The highest BCUT2D eigenvalue weighted by molar-refractivity contribution is 6.33. The summed E-state index contributed by atoms with van der Waals surface area (Å²) in [5, 5.41) is 8.42. The predicted molar refractivity (Wildman–Crippen MR) is 91.3 cm³/mol. The van der Waals surface area contributed by atoms with Crippen LogP contribution in [0.3, 0.4) is 0 Å². The van der Waals surface area contributed by atoms with Gasteiger partial charge < -0.3 is 10.6 Å². The van der Waals surface area contributed by atoms with Crippen LogP contribution in [0.4, 0.5) is 10.5 Å². The summed E-state index contributed by atoms with van der Waals surface area (Å²) < 4.78 is 0. The second kappa shape index (κ2) is 6.50. The van der Waals surface area contributed by atoms with Gasteiger partial charge in [-0.3, -0.25) is 0 Å². The standard InChI is InChI=1S/C18H15ClN2O/c19-16-10-3-4-11-17(16)21-18(22)20-12-14-8-5-7-13-6-1-2-9-15(13)14/h1-11H,12H2,(H2,20,21,22). The molecule has 110 valence electrons. The van der Waals surface area contributed by atoms with E-state index in [1.165, 1.54) is 0 Å². The molecular weight excluding hydrogens is 296 g/mol. The molecule has 0 aliphatic rings. The summed E-state index contributed by atoms with van der Waals surface area (Å²) in [6.07, 6.45) is 0. The summed E-state index contributed by atoms with van der Waals surface area (Å²) in [5.41, 5.74) is 1.67. The number of anilines is 1. The maximum absolute atomic E-state index is 12.0. The lowest BCUT2D eigenvalue weighted by molar-refractivity contribution is 0.252. The maximum Gasteiger partial charge on any atom is 0.319 e. The maximum atomic E-state index is 12.0. The summed E-state index contributed by atoms with van der Waals surface area (Å²) in [4.78, 5) is 12.0. The molecule has 3 rings (SSSR count). The molecule has 0 heterocycles. The van der Waals surface area contributed by atoms with Crippen molar-refractivity contribution >= 4 is 34.1 Å². The van der Waals surface area contributed by atoms with Gasteiger partial charge in [0, 0.05) is 6.54 Å². The zero-order chi connectivity index (χ0) is 15.4. The Morgan fingerprint density at radius 3 is 2.50 bits per heavy atom. The molecule has 0 aromatic heterocycles. The van der Waals surface area contributed by atoms with Crippen molar-refractivity contribution in [2.24, 2.45) is 0 Å². The van der Waals surface area contributed by atoms with E-state index in [4.69, 9.17) is 11.6 Å². The number of halogens is 1. The van der Waals surface area contributed by atoms with E-state index >= 15 is 0 Å². The fourth-order valence-corrected chi connectivity index (χ4v) is 2.53. The Labute approximate surface area is 133 Å². The van der Waals surface area contributed by atoms with Crippen LogP contribution >= 0.6 is 11.6 Å². The number of para-hydroxylation sites is 1. The predicted octanol–water partition coefficient (Wildman–Crippen LogP) is 4.81. The van der Waals surface area contributed by atoms with Crippen LogP contribution in [0.15, 0.2) is 66.7 Å². The highest BCUT2D eigenvalue weighted by atomic mass is 35.5. The molecule has 0 saturated heterocycles. The Kier molecular flexibility index (Phi) is 4.26. The van der Waals surface area contributed by atoms with Crippen LogP contribution in [-0.4, -0.2) is 6.03 Å². The van der Waals surface area contributed by atoms with Gasteiger partial charge in [-0.2, -0.15) is 0 Å². The van der Waals surface area contributed by atoms with Crippen LogP contribution in [0.1, 0.15) is 5.56 Å². The van der Waals surface area contributed by atoms with Gasteiger partial charge in [0.05, 0.1) is 10.7 Å². The number of fused-ring (bicyclic) bond motifs is 1. The molecule has 0 saturated carbocycles. The van der Waals surface area contributed by atoms with E-state index in [1.807, 2.05) is 36.4 Å². The van der Waals surface area contributed by atoms with Gasteiger partial charge in [0.2, 0.25) is 0 Å². The lowest BCUT2D eigenvalue weighted by atomic mass is 10.0. The van der Waals surface area contributed by atoms with Crippen LogP contribution in [-0.2, 0) is 6.54 Å². The Morgan fingerprint density at radius 2 is 1.64 bits per heavy atom. The smallest absolute Gasteiger partial charge is 0.319 e. The van der Waals surface area contributed by atoms with Gasteiger partial charge in [-0.1, -0.05) is 66.2 Å². The van der Waals surface area contributed by atoms with E-state index in [9.17, 15) is 4.79 Å². The normalized spacial score (nSPS) is 10.4. The van der Waals surface area contributed by atoms with E-state index in [2.05, 4.69) is 28.8 Å². The van der Waals surface area contributed by atoms with Crippen molar-refractivity contribution < 1.29 is 4.79 Å².